The summed E-state index contributed by atoms with van der Waals surface area (Å²) in [5.74, 6) is -0.166. The van der Waals surface area contributed by atoms with Crippen molar-refractivity contribution in [2.75, 3.05) is 19.6 Å². The lowest BCUT2D eigenvalue weighted by Crippen LogP contribution is -2.38. The topological polar surface area (TPSA) is 38.0 Å². The third-order valence-corrected chi connectivity index (χ3v) is 4.06. The summed E-state index contributed by atoms with van der Waals surface area (Å²) in [6.45, 7) is 6.86. The van der Waals surface area contributed by atoms with Crippen molar-refractivity contribution in [1.29, 1.82) is 0 Å². The van der Waals surface area contributed by atoms with Crippen molar-refractivity contribution >= 4 is 0 Å². The molecule has 1 saturated carbocycles. The second kappa shape index (κ2) is 4.98. The van der Waals surface area contributed by atoms with E-state index in [0.717, 1.165) is 25.2 Å². The first-order valence-corrected chi connectivity index (χ1v) is 6.64. The zero-order valence-electron chi connectivity index (χ0n) is 11.3. The number of hydrogen-bond acceptors (Lipinski definition) is 2. The van der Waals surface area contributed by atoms with E-state index in [1.165, 1.54) is 18.9 Å². The third-order valence-electron chi connectivity index (χ3n) is 4.06. The number of nitrogens with one attached hydrogen (secondary N) is 1. The van der Waals surface area contributed by atoms with E-state index in [1.54, 1.807) is 12.1 Å². The molecule has 100 valence electrons. The van der Waals surface area contributed by atoms with Gasteiger partial charge in [0, 0.05) is 18.5 Å². The molecule has 3 heteroatoms. The van der Waals surface area contributed by atoms with E-state index in [4.69, 9.17) is 5.73 Å². The van der Waals surface area contributed by atoms with Gasteiger partial charge in [0.1, 0.15) is 5.82 Å². The molecule has 1 aromatic carbocycles. The van der Waals surface area contributed by atoms with Crippen LogP contribution in [0.1, 0.15) is 32.3 Å². The lowest BCUT2D eigenvalue weighted by Gasteiger charge is -2.27. The first kappa shape index (κ1) is 13.5. The van der Waals surface area contributed by atoms with Gasteiger partial charge in [-0.05, 0) is 42.5 Å². The summed E-state index contributed by atoms with van der Waals surface area (Å²) in [6.07, 6.45) is 2.47. The van der Waals surface area contributed by atoms with Crippen LogP contribution in [0.25, 0.3) is 0 Å². The minimum atomic E-state index is -0.166. The molecule has 0 spiro atoms. The van der Waals surface area contributed by atoms with E-state index in [9.17, 15) is 4.39 Å². The Labute approximate surface area is 109 Å². The van der Waals surface area contributed by atoms with Crippen molar-refractivity contribution in [2.45, 2.75) is 32.1 Å². The molecule has 0 aliphatic heterocycles. The Morgan fingerprint density at radius 1 is 1.39 bits per heavy atom. The average Bonchev–Trinajstić information content (AvgIpc) is 3.09. The minimum Gasteiger partial charge on any atom is -0.330 e. The molecule has 1 aliphatic rings. The molecule has 0 saturated heterocycles. The van der Waals surface area contributed by atoms with E-state index >= 15 is 0 Å². The maximum Gasteiger partial charge on any atom is 0.123 e. The van der Waals surface area contributed by atoms with Crippen LogP contribution in [0.4, 0.5) is 4.39 Å². The molecule has 1 fully saturated rings. The maximum atomic E-state index is 13.2. The number of benzene rings is 1. The van der Waals surface area contributed by atoms with Gasteiger partial charge in [-0.1, -0.05) is 26.0 Å². The Bertz CT molecular complexity index is 411. The smallest absolute Gasteiger partial charge is 0.123 e. The third kappa shape index (κ3) is 3.09. The highest BCUT2D eigenvalue weighted by Gasteiger charge is 2.40. The predicted molar refractivity (Wildman–Crippen MR) is 73.0 cm³/mol. The molecule has 1 aliphatic carbocycles. The molecule has 0 aromatic heterocycles. The molecule has 3 N–H and O–H groups in total. The number of nitrogens with two attached hydrogens (primary N) is 1. The van der Waals surface area contributed by atoms with Crippen LogP contribution in [-0.4, -0.2) is 19.6 Å². The van der Waals surface area contributed by atoms with Gasteiger partial charge < -0.3 is 11.1 Å². The fourth-order valence-corrected chi connectivity index (χ4v) is 2.28. The van der Waals surface area contributed by atoms with Gasteiger partial charge in [-0.25, -0.2) is 4.39 Å². The second-order valence-corrected chi connectivity index (χ2v) is 6.20. The summed E-state index contributed by atoms with van der Waals surface area (Å²) >= 11 is 0. The van der Waals surface area contributed by atoms with Crippen molar-refractivity contribution in [3.8, 4) is 0 Å². The highest BCUT2D eigenvalue weighted by molar-refractivity contribution is 5.24. The van der Waals surface area contributed by atoms with E-state index < -0.39 is 0 Å². The summed E-state index contributed by atoms with van der Waals surface area (Å²) in [5, 5.41) is 3.49. The van der Waals surface area contributed by atoms with Crippen LogP contribution in [0.2, 0.25) is 0 Å². The largest absolute Gasteiger partial charge is 0.330 e. The maximum absolute atomic E-state index is 13.2. The van der Waals surface area contributed by atoms with Gasteiger partial charge >= 0.3 is 0 Å². The second-order valence-electron chi connectivity index (χ2n) is 6.20. The summed E-state index contributed by atoms with van der Waals surface area (Å²) in [6, 6.07) is 6.87. The minimum absolute atomic E-state index is 0.0627. The molecule has 0 unspecified atom stereocenters. The van der Waals surface area contributed by atoms with Crippen LogP contribution >= 0.6 is 0 Å². The Morgan fingerprint density at radius 3 is 2.67 bits per heavy atom. The van der Waals surface area contributed by atoms with Crippen molar-refractivity contribution in [3.63, 3.8) is 0 Å². The monoisotopic (exact) mass is 250 g/mol. The Hall–Kier alpha value is -0.930. The molecule has 1 aromatic rings. The van der Waals surface area contributed by atoms with Crippen LogP contribution in [-0.2, 0) is 5.41 Å². The fourth-order valence-electron chi connectivity index (χ4n) is 2.28. The standard InChI is InChI=1S/C15H23FN2/c1-14(2,12-4-3-5-13(16)8-12)10-18-11-15(9-17)6-7-15/h3-5,8,18H,6-7,9-11,17H2,1-2H3. The predicted octanol–water partition coefficient (Wildman–Crippen LogP) is 2.43. The van der Waals surface area contributed by atoms with Gasteiger partial charge in [0.05, 0.1) is 0 Å². The highest BCUT2D eigenvalue weighted by atomic mass is 19.1. The molecule has 0 heterocycles. The van der Waals surface area contributed by atoms with Crippen molar-refractivity contribution in [3.05, 3.63) is 35.6 Å². The van der Waals surface area contributed by atoms with E-state index in [2.05, 4.69) is 19.2 Å². The number of rotatable bonds is 6. The summed E-state index contributed by atoms with van der Waals surface area (Å²) in [5.41, 5.74) is 7.08. The first-order valence-electron chi connectivity index (χ1n) is 6.64. The van der Waals surface area contributed by atoms with Crippen molar-refractivity contribution < 1.29 is 4.39 Å². The van der Waals surface area contributed by atoms with Gasteiger partial charge in [0.2, 0.25) is 0 Å². The zero-order valence-corrected chi connectivity index (χ0v) is 11.3. The van der Waals surface area contributed by atoms with Crippen LogP contribution in [0, 0.1) is 11.2 Å². The quantitative estimate of drug-likeness (QED) is 0.814. The van der Waals surface area contributed by atoms with Crippen LogP contribution in [0.15, 0.2) is 24.3 Å². The Morgan fingerprint density at radius 2 is 2.11 bits per heavy atom. The number of hydrogen-bond donors (Lipinski definition) is 2. The SMILES string of the molecule is CC(C)(CNCC1(CN)CC1)c1cccc(F)c1. The van der Waals surface area contributed by atoms with Crippen LogP contribution in [0.3, 0.4) is 0 Å². The molecule has 18 heavy (non-hydrogen) atoms. The molecule has 0 bridgehead atoms. The van der Waals surface area contributed by atoms with Crippen molar-refractivity contribution in [2.24, 2.45) is 11.1 Å². The normalized spacial score (nSPS) is 17.8. The molecular weight excluding hydrogens is 227 g/mol. The Balaban J connectivity index is 1.91. The lowest BCUT2D eigenvalue weighted by molar-refractivity contribution is 0.409. The molecular formula is C15H23FN2. The molecule has 0 atom stereocenters. The van der Waals surface area contributed by atoms with Crippen molar-refractivity contribution in [1.82, 2.24) is 5.32 Å². The van der Waals surface area contributed by atoms with Gasteiger partial charge in [-0.15, -0.1) is 0 Å². The molecule has 2 rings (SSSR count). The molecule has 0 radical (unpaired) electrons. The first-order chi connectivity index (χ1) is 8.47. The summed E-state index contributed by atoms with van der Waals surface area (Å²) < 4.78 is 13.2. The highest BCUT2D eigenvalue weighted by Crippen LogP contribution is 2.43. The van der Waals surface area contributed by atoms with Gasteiger partial charge in [-0.2, -0.15) is 0 Å². The molecule has 0 amide bonds. The van der Waals surface area contributed by atoms with E-state index in [0.29, 0.717) is 5.41 Å². The van der Waals surface area contributed by atoms with Gasteiger partial charge in [-0.3, -0.25) is 0 Å². The number of halogens is 1. The zero-order chi connectivity index (χ0) is 13.2. The lowest BCUT2D eigenvalue weighted by atomic mass is 9.84. The fraction of sp³-hybridized carbons (Fsp3) is 0.600. The van der Waals surface area contributed by atoms with Gasteiger partial charge in [0.25, 0.3) is 0 Å². The van der Waals surface area contributed by atoms with E-state index in [-0.39, 0.29) is 11.2 Å². The molecule has 2 nitrogen and oxygen atoms in total. The van der Waals surface area contributed by atoms with Crippen LogP contribution in [0.5, 0.6) is 0 Å². The van der Waals surface area contributed by atoms with Crippen LogP contribution < -0.4 is 11.1 Å². The van der Waals surface area contributed by atoms with Gasteiger partial charge in [0.15, 0.2) is 0 Å². The average molecular weight is 250 g/mol. The van der Waals surface area contributed by atoms with E-state index in [1.807, 2.05) is 6.07 Å². The Kier molecular flexibility index (Phi) is 3.74. The summed E-state index contributed by atoms with van der Waals surface area (Å²) in [7, 11) is 0. The summed E-state index contributed by atoms with van der Waals surface area (Å²) in [4.78, 5) is 0.